The van der Waals surface area contributed by atoms with Crippen molar-refractivity contribution in [3.63, 3.8) is 0 Å². The van der Waals surface area contributed by atoms with Crippen LogP contribution in [0, 0.1) is 0 Å². The minimum Gasteiger partial charge on any atom is -0.350 e. The summed E-state index contributed by atoms with van der Waals surface area (Å²) in [5.74, 6) is -0.184. The number of nitrogens with zero attached hydrogens (tertiary/aromatic N) is 2. The van der Waals surface area contributed by atoms with Crippen LogP contribution >= 0.6 is 0 Å². The van der Waals surface area contributed by atoms with Crippen molar-refractivity contribution in [2.75, 3.05) is 0 Å². The van der Waals surface area contributed by atoms with Crippen molar-refractivity contribution in [1.29, 1.82) is 0 Å². The zero-order chi connectivity index (χ0) is 15.7. The van der Waals surface area contributed by atoms with Gasteiger partial charge in [0.25, 0.3) is 11.5 Å². The highest BCUT2D eigenvalue weighted by atomic mass is 16.2. The monoisotopic (exact) mass is 295 g/mol. The highest BCUT2D eigenvalue weighted by Crippen LogP contribution is 2.10. The lowest BCUT2D eigenvalue weighted by Gasteiger charge is -2.12. The van der Waals surface area contributed by atoms with Gasteiger partial charge in [-0.2, -0.15) is 0 Å². The number of hydrogen-bond donors (Lipinski definition) is 1. The van der Waals surface area contributed by atoms with Crippen LogP contribution < -0.4 is 10.9 Å². The van der Waals surface area contributed by atoms with E-state index in [1.165, 1.54) is 4.40 Å². The van der Waals surface area contributed by atoms with Crippen molar-refractivity contribution in [2.24, 2.45) is 0 Å². The third-order valence-corrected chi connectivity index (χ3v) is 3.77. The van der Waals surface area contributed by atoms with Gasteiger partial charge in [-0.3, -0.25) is 14.0 Å². The van der Waals surface area contributed by atoms with E-state index in [0.717, 1.165) is 6.42 Å². The molecule has 112 valence electrons. The fourth-order valence-electron chi connectivity index (χ4n) is 2.30. The van der Waals surface area contributed by atoms with Gasteiger partial charge in [0.05, 0.1) is 16.5 Å². The van der Waals surface area contributed by atoms with E-state index in [1.807, 2.05) is 19.9 Å². The molecule has 3 aromatic rings. The molecule has 0 aliphatic rings. The predicted molar refractivity (Wildman–Crippen MR) is 86.2 cm³/mol. The van der Waals surface area contributed by atoms with Gasteiger partial charge in [-0.1, -0.05) is 19.1 Å². The molecule has 1 N–H and O–H groups in total. The van der Waals surface area contributed by atoms with Gasteiger partial charge in [-0.15, -0.1) is 0 Å². The first kappa shape index (κ1) is 14.3. The average molecular weight is 295 g/mol. The molecule has 2 aromatic heterocycles. The Kier molecular flexibility index (Phi) is 3.63. The normalized spacial score (nSPS) is 12.5. The number of hydrogen-bond acceptors (Lipinski definition) is 3. The molecule has 22 heavy (non-hydrogen) atoms. The van der Waals surface area contributed by atoms with E-state index < -0.39 is 0 Å². The van der Waals surface area contributed by atoms with Crippen molar-refractivity contribution in [1.82, 2.24) is 14.7 Å². The molecule has 1 atom stereocenters. The molecule has 0 fully saturated rings. The highest BCUT2D eigenvalue weighted by molar-refractivity contribution is 5.94. The van der Waals surface area contributed by atoms with Crippen LogP contribution in [0.25, 0.3) is 16.6 Å². The Morgan fingerprint density at radius 3 is 2.82 bits per heavy atom. The topological polar surface area (TPSA) is 63.5 Å². The largest absolute Gasteiger partial charge is 0.350 e. The SMILES string of the molecule is CCC(C)NC(=O)c1ccc2nc3ccccc3c(=O)n2c1. The van der Waals surface area contributed by atoms with Crippen LogP contribution in [-0.4, -0.2) is 21.3 Å². The van der Waals surface area contributed by atoms with Crippen LogP contribution in [0.15, 0.2) is 47.4 Å². The van der Waals surface area contributed by atoms with Gasteiger partial charge in [0, 0.05) is 12.2 Å². The van der Waals surface area contributed by atoms with Gasteiger partial charge in [-0.05, 0) is 37.6 Å². The first-order chi connectivity index (χ1) is 10.6. The molecule has 0 saturated carbocycles. The lowest BCUT2D eigenvalue weighted by molar-refractivity contribution is 0.0939. The van der Waals surface area contributed by atoms with Crippen molar-refractivity contribution in [3.05, 3.63) is 58.5 Å². The third-order valence-electron chi connectivity index (χ3n) is 3.77. The number of carbonyl (C=O) groups is 1. The Bertz CT molecular complexity index is 915. The minimum atomic E-state index is -0.184. The van der Waals surface area contributed by atoms with Crippen LogP contribution in [0.5, 0.6) is 0 Å². The van der Waals surface area contributed by atoms with Gasteiger partial charge in [0.1, 0.15) is 5.65 Å². The second-order valence-electron chi connectivity index (χ2n) is 5.36. The standard InChI is InChI=1S/C17H17N3O2/c1-3-11(2)18-16(21)12-8-9-15-19-14-7-5-4-6-13(14)17(22)20(15)10-12/h4-11H,3H2,1-2H3,(H,18,21). The number of benzene rings is 1. The number of carbonyl (C=O) groups excluding carboxylic acids is 1. The summed E-state index contributed by atoms with van der Waals surface area (Å²) in [7, 11) is 0. The van der Waals surface area contributed by atoms with Crippen molar-refractivity contribution in [2.45, 2.75) is 26.3 Å². The van der Waals surface area contributed by atoms with E-state index in [9.17, 15) is 9.59 Å². The maximum atomic E-state index is 12.5. The Balaban J connectivity index is 2.13. The fourth-order valence-corrected chi connectivity index (χ4v) is 2.30. The molecule has 1 unspecified atom stereocenters. The molecule has 2 heterocycles. The maximum Gasteiger partial charge on any atom is 0.265 e. The number of amides is 1. The Labute approximate surface area is 127 Å². The van der Waals surface area contributed by atoms with E-state index in [-0.39, 0.29) is 17.5 Å². The lowest BCUT2D eigenvalue weighted by atomic mass is 10.2. The lowest BCUT2D eigenvalue weighted by Crippen LogP contribution is -2.32. The fraction of sp³-hybridized carbons (Fsp3) is 0.235. The summed E-state index contributed by atoms with van der Waals surface area (Å²) < 4.78 is 1.42. The average Bonchev–Trinajstić information content (AvgIpc) is 2.54. The van der Waals surface area contributed by atoms with Gasteiger partial charge in [0.2, 0.25) is 0 Å². The summed E-state index contributed by atoms with van der Waals surface area (Å²) >= 11 is 0. The molecule has 0 aliphatic heterocycles. The van der Waals surface area contributed by atoms with Gasteiger partial charge in [0.15, 0.2) is 0 Å². The molecule has 5 heteroatoms. The molecule has 0 spiro atoms. The van der Waals surface area contributed by atoms with Crippen molar-refractivity contribution >= 4 is 22.5 Å². The first-order valence-electron chi connectivity index (χ1n) is 7.32. The zero-order valence-electron chi connectivity index (χ0n) is 12.5. The number of rotatable bonds is 3. The molecule has 0 aliphatic carbocycles. The molecular formula is C17H17N3O2. The van der Waals surface area contributed by atoms with Crippen molar-refractivity contribution in [3.8, 4) is 0 Å². The van der Waals surface area contributed by atoms with Gasteiger partial charge >= 0.3 is 0 Å². The van der Waals surface area contributed by atoms with Crippen molar-refractivity contribution < 1.29 is 4.79 Å². The number of nitrogens with one attached hydrogen (secondary N) is 1. The number of aromatic nitrogens is 2. The van der Waals surface area contributed by atoms with E-state index in [2.05, 4.69) is 10.3 Å². The second-order valence-corrected chi connectivity index (χ2v) is 5.36. The summed E-state index contributed by atoms with van der Waals surface area (Å²) in [5.41, 5.74) is 1.47. The minimum absolute atomic E-state index is 0.0923. The van der Waals surface area contributed by atoms with Gasteiger partial charge in [-0.25, -0.2) is 4.98 Å². The van der Waals surface area contributed by atoms with Gasteiger partial charge < -0.3 is 5.32 Å². The first-order valence-corrected chi connectivity index (χ1v) is 7.32. The maximum absolute atomic E-state index is 12.5. The van der Waals surface area contributed by atoms with Crippen LogP contribution in [0.3, 0.4) is 0 Å². The molecule has 0 radical (unpaired) electrons. The Hall–Kier alpha value is -2.69. The molecule has 5 nitrogen and oxygen atoms in total. The third kappa shape index (κ3) is 2.45. The molecule has 0 bridgehead atoms. The zero-order valence-corrected chi connectivity index (χ0v) is 12.5. The summed E-state index contributed by atoms with van der Waals surface area (Å²) in [6, 6.07) is 10.7. The van der Waals surface area contributed by atoms with E-state index in [4.69, 9.17) is 0 Å². The highest BCUT2D eigenvalue weighted by Gasteiger charge is 2.11. The van der Waals surface area contributed by atoms with E-state index in [1.54, 1.807) is 36.5 Å². The number of fused-ring (bicyclic) bond motifs is 2. The van der Waals surface area contributed by atoms with Crippen LogP contribution in [0.1, 0.15) is 30.6 Å². The summed E-state index contributed by atoms with van der Waals surface area (Å²) in [4.78, 5) is 29.2. The van der Waals surface area contributed by atoms with Crippen LogP contribution in [0.4, 0.5) is 0 Å². The van der Waals surface area contributed by atoms with E-state index >= 15 is 0 Å². The predicted octanol–water partition coefficient (Wildman–Crippen LogP) is 2.38. The Morgan fingerprint density at radius 2 is 2.05 bits per heavy atom. The molecule has 3 rings (SSSR count). The molecule has 1 aromatic carbocycles. The smallest absolute Gasteiger partial charge is 0.265 e. The van der Waals surface area contributed by atoms with Crippen LogP contribution in [-0.2, 0) is 0 Å². The van der Waals surface area contributed by atoms with E-state index in [0.29, 0.717) is 22.1 Å². The summed E-state index contributed by atoms with van der Waals surface area (Å²) in [6.07, 6.45) is 2.40. The Morgan fingerprint density at radius 1 is 1.27 bits per heavy atom. The molecule has 0 saturated heterocycles. The van der Waals surface area contributed by atoms with Crippen LogP contribution in [0.2, 0.25) is 0 Å². The number of pyridine rings is 1. The molecular weight excluding hydrogens is 278 g/mol. The quantitative estimate of drug-likeness (QED) is 0.755. The molecule has 1 amide bonds. The summed E-state index contributed by atoms with van der Waals surface area (Å²) in [6.45, 7) is 3.95. The second kappa shape index (κ2) is 5.60. The summed E-state index contributed by atoms with van der Waals surface area (Å²) in [5, 5.41) is 3.43. The number of para-hydroxylation sites is 1.